The third kappa shape index (κ3) is 7.95. The molecule has 2 nitrogen and oxygen atoms in total. The van der Waals surface area contributed by atoms with E-state index in [2.05, 4.69) is 238 Å². The van der Waals surface area contributed by atoms with E-state index in [4.69, 9.17) is 0 Å². The molecule has 1 aliphatic carbocycles. The van der Waals surface area contributed by atoms with E-state index in [0.29, 0.717) is 0 Å². The van der Waals surface area contributed by atoms with Crippen molar-refractivity contribution >= 4 is 34.1 Å². The predicted molar refractivity (Wildman–Crippen MR) is 284 cm³/mol. The largest absolute Gasteiger partial charge is 0.310 e. The SMILES string of the molecule is CCCCc1cc(C)c(N(c2ccc(C)cc2)c2ccc3c(c2)C(c2cc(C)cc(C)c2)(c2cc(C)cc(C)c2)c2cc(N(c4ccc(C)cc4)c4c(C)cc(C)cc4C)ccc2-3)c(C)c1. The number of hydrogen-bond donors (Lipinski definition) is 0. The number of rotatable bonds is 11. The lowest BCUT2D eigenvalue weighted by atomic mass is 9.66. The Hall–Kier alpha value is -6.64. The first-order valence-electron chi connectivity index (χ1n) is 24.0. The van der Waals surface area contributed by atoms with E-state index in [-0.39, 0.29) is 0 Å². The molecular weight excluding hydrogens is 797 g/mol. The van der Waals surface area contributed by atoms with Gasteiger partial charge in [-0.15, -0.1) is 0 Å². The quantitative estimate of drug-likeness (QED) is 0.128. The summed E-state index contributed by atoms with van der Waals surface area (Å²) in [5.41, 5.74) is 29.5. The molecule has 66 heavy (non-hydrogen) atoms. The van der Waals surface area contributed by atoms with Crippen molar-refractivity contribution in [3.63, 3.8) is 0 Å². The van der Waals surface area contributed by atoms with Gasteiger partial charge in [0.15, 0.2) is 0 Å². The first-order valence-corrected chi connectivity index (χ1v) is 24.0. The maximum atomic E-state index is 2.54. The van der Waals surface area contributed by atoms with Crippen LogP contribution >= 0.6 is 0 Å². The minimum atomic E-state index is -0.645. The number of unbranched alkanes of at least 4 members (excludes halogenated alkanes) is 1. The molecule has 0 radical (unpaired) electrons. The molecular formula is C64H66N2. The summed E-state index contributed by atoms with van der Waals surface area (Å²) in [7, 11) is 0. The molecule has 0 aromatic heterocycles. The highest BCUT2D eigenvalue weighted by Crippen LogP contribution is 2.59. The van der Waals surface area contributed by atoms with Crippen LogP contribution in [0.2, 0.25) is 0 Å². The maximum Gasteiger partial charge on any atom is 0.0715 e. The predicted octanol–water partition coefficient (Wildman–Crippen LogP) is 17.7. The molecule has 0 saturated carbocycles. The number of benzene rings is 8. The Morgan fingerprint density at radius 2 is 0.697 bits per heavy atom. The number of anilines is 6. The number of aryl methyl sites for hydroxylation is 12. The zero-order valence-electron chi connectivity index (χ0n) is 41.4. The molecule has 0 unspecified atom stereocenters. The maximum absolute atomic E-state index is 2.54. The van der Waals surface area contributed by atoms with Crippen LogP contribution in [0.5, 0.6) is 0 Å². The van der Waals surface area contributed by atoms with Crippen LogP contribution < -0.4 is 9.80 Å². The second kappa shape index (κ2) is 17.6. The van der Waals surface area contributed by atoms with Gasteiger partial charge in [-0.25, -0.2) is 0 Å². The molecule has 1 aliphatic rings. The van der Waals surface area contributed by atoms with Crippen molar-refractivity contribution in [1.29, 1.82) is 0 Å². The van der Waals surface area contributed by atoms with Crippen LogP contribution in [-0.2, 0) is 11.8 Å². The van der Waals surface area contributed by atoms with E-state index in [0.717, 1.165) is 29.2 Å². The first-order chi connectivity index (χ1) is 31.7. The summed E-state index contributed by atoms with van der Waals surface area (Å²) in [6.45, 7) is 27.0. The molecule has 0 atom stereocenters. The molecule has 8 aromatic rings. The van der Waals surface area contributed by atoms with Crippen LogP contribution in [0.1, 0.15) is 109 Å². The molecule has 8 aromatic carbocycles. The van der Waals surface area contributed by atoms with Crippen molar-refractivity contribution in [1.82, 2.24) is 0 Å². The summed E-state index contributed by atoms with van der Waals surface area (Å²) < 4.78 is 0. The van der Waals surface area contributed by atoms with E-state index in [9.17, 15) is 0 Å². The van der Waals surface area contributed by atoms with Gasteiger partial charge in [0, 0.05) is 22.7 Å². The fraction of sp³-hybridized carbons (Fsp3) is 0.250. The van der Waals surface area contributed by atoms with E-state index >= 15 is 0 Å². The number of nitrogens with zero attached hydrogens (tertiary/aromatic N) is 2. The Labute approximate surface area is 395 Å². The molecule has 0 heterocycles. The second-order valence-electron chi connectivity index (χ2n) is 19.7. The van der Waals surface area contributed by atoms with Gasteiger partial charge in [-0.2, -0.15) is 0 Å². The summed E-state index contributed by atoms with van der Waals surface area (Å²) in [6.07, 6.45) is 3.48. The van der Waals surface area contributed by atoms with Crippen LogP contribution in [-0.4, -0.2) is 0 Å². The molecule has 0 N–H and O–H groups in total. The summed E-state index contributed by atoms with van der Waals surface area (Å²) in [6, 6.07) is 56.7. The van der Waals surface area contributed by atoms with Gasteiger partial charge in [-0.3, -0.25) is 0 Å². The Balaban J connectivity index is 1.38. The Bertz CT molecular complexity index is 2990. The van der Waals surface area contributed by atoms with Crippen molar-refractivity contribution in [2.45, 2.75) is 108 Å². The second-order valence-corrected chi connectivity index (χ2v) is 19.7. The van der Waals surface area contributed by atoms with Crippen LogP contribution in [0.15, 0.2) is 146 Å². The molecule has 2 heteroatoms. The summed E-state index contributed by atoms with van der Waals surface area (Å²) >= 11 is 0. The molecule has 0 fully saturated rings. The zero-order valence-corrected chi connectivity index (χ0v) is 41.4. The van der Waals surface area contributed by atoms with Gasteiger partial charge < -0.3 is 9.80 Å². The monoisotopic (exact) mass is 863 g/mol. The van der Waals surface area contributed by atoms with Gasteiger partial charge in [0.05, 0.1) is 16.8 Å². The zero-order chi connectivity index (χ0) is 46.6. The average Bonchev–Trinajstić information content (AvgIpc) is 3.55. The molecule has 0 aliphatic heterocycles. The summed E-state index contributed by atoms with van der Waals surface area (Å²) in [4.78, 5) is 5.03. The Morgan fingerprint density at radius 1 is 0.348 bits per heavy atom. The molecule has 0 bridgehead atoms. The Kier molecular flexibility index (Phi) is 11.9. The topological polar surface area (TPSA) is 6.48 Å². The van der Waals surface area contributed by atoms with Crippen molar-refractivity contribution < 1.29 is 0 Å². The third-order valence-corrected chi connectivity index (χ3v) is 14.0. The molecule has 0 spiro atoms. The van der Waals surface area contributed by atoms with Gasteiger partial charge in [-0.05, 0) is 199 Å². The molecule has 9 rings (SSSR count). The van der Waals surface area contributed by atoms with Crippen LogP contribution in [0.25, 0.3) is 11.1 Å². The number of fused-ring (bicyclic) bond motifs is 3. The van der Waals surface area contributed by atoms with Crippen LogP contribution in [0, 0.1) is 76.2 Å². The average molecular weight is 863 g/mol. The van der Waals surface area contributed by atoms with Crippen molar-refractivity contribution in [3.8, 4) is 11.1 Å². The van der Waals surface area contributed by atoms with Crippen LogP contribution in [0.3, 0.4) is 0 Å². The first kappa shape index (κ1) is 44.6. The lowest BCUT2D eigenvalue weighted by Crippen LogP contribution is -2.30. The van der Waals surface area contributed by atoms with E-state index in [1.807, 2.05) is 0 Å². The van der Waals surface area contributed by atoms with Gasteiger partial charge in [0.1, 0.15) is 0 Å². The fourth-order valence-corrected chi connectivity index (χ4v) is 11.4. The molecule has 332 valence electrons. The lowest BCUT2D eigenvalue weighted by Gasteiger charge is -2.37. The fourth-order valence-electron chi connectivity index (χ4n) is 11.4. The third-order valence-electron chi connectivity index (χ3n) is 14.0. The lowest BCUT2D eigenvalue weighted by molar-refractivity contribution is 0.763. The van der Waals surface area contributed by atoms with E-state index < -0.39 is 5.41 Å². The highest BCUT2D eigenvalue weighted by molar-refractivity contribution is 5.93. The standard InChI is InChI=1S/C64H66N2/c1-13-14-15-51-36-49(11)63(50(12)37-51)66(55-22-18-41(3)19-23-55)57-25-27-59-58-26-24-56(65(54-20-16-40(2)17-21-54)62-47(9)30-46(8)31-48(62)10)38-60(58)64(61(59)39-57,52-32-42(4)28-43(5)33-52)53-34-44(6)29-45(7)35-53/h16-39H,13-15H2,1-12H3. The van der Waals surface area contributed by atoms with Gasteiger partial charge in [0.25, 0.3) is 0 Å². The molecule has 0 amide bonds. The highest BCUT2D eigenvalue weighted by atomic mass is 15.2. The van der Waals surface area contributed by atoms with Crippen molar-refractivity contribution in [3.05, 3.63) is 235 Å². The van der Waals surface area contributed by atoms with Crippen molar-refractivity contribution in [2.24, 2.45) is 0 Å². The summed E-state index contributed by atoms with van der Waals surface area (Å²) in [5.74, 6) is 0. The minimum Gasteiger partial charge on any atom is -0.310 e. The Morgan fingerprint density at radius 3 is 1.08 bits per heavy atom. The van der Waals surface area contributed by atoms with Gasteiger partial charge in [0.2, 0.25) is 0 Å². The van der Waals surface area contributed by atoms with E-state index in [1.54, 1.807) is 0 Å². The highest BCUT2D eigenvalue weighted by Gasteiger charge is 2.47. The van der Waals surface area contributed by atoms with E-state index in [1.165, 1.54) is 124 Å². The summed E-state index contributed by atoms with van der Waals surface area (Å²) in [5, 5.41) is 0. The van der Waals surface area contributed by atoms with Crippen LogP contribution in [0.4, 0.5) is 34.1 Å². The van der Waals surface area contributed by atoms with Gasteiger partial charge in [-0.1, -0.05) is 149 Å². The smallest absolute Gasteiger partial charge is 0.0715 e. The minimum absolute atomic E-state index is 0.645. The normalized spacial score (nSPS) is 12.5. The van der Waals surface area contributed by atoms with Crippen molar-refractivity contribution in [2.75, 3.05) is 9.80 Å². The number of hydrogen-bond acceptors (Lipinski definition) is 2. The molecule has 0 saturated heterocycles. The van der Waals surface area contributed by atoms with Gasteiger partial charge >= 0.3 is 0 Å².